The van der Waals surface area contributed by atoms with Crippen molar-refractivity contribution < 1.29 is 13.9 Å². The highest BCUT2D eigenvalue weighted by Crippen LogP contribution is 2.19. The second kappa shape index (κ2) is 7.04. The largest absolute Gasteiger partial charge is 0.458 e. The van der Waals surface area contributed by atoms with Crippen LogP contribution >= 0.6 is 15.9 Å². The lowest BCUT2D eigenvalue weighted by molar-refractivity contribution is 0.0515. The Hall–Kier alpha value is -2.02. The maximum Gasteiger partial charge on any atom is 0.316 e. The van der Waals surface area contributed by atoms with E-state index < -0.39 is 5.82 Å². The van der Waals surface area contributed by atoms with Crippen molar-refractivity contribution >= 4 is 21.8 Å². The van der Waals surface area contributed by atoms with Crippen LogP contribution in [0.4, 0.5) is 4.39 Å². The van der Waals surface area contributed by atoms with Crippen LogP contribution in [0.5, 0.6) is 6.01 Å². The van der Waals surface area contributed by atoms with Gasteiger partial charge in [-0.15, -0.1) is 0 Å². The van der Waals surface area contributed by atoms with Gasteiger partial charge in [-0.1, -0.05) is 22.0 Å². The van der Waals surface area contributed by atoms with Gasteiger partial charge in [0.1, 0.15) is 6.10 Å². The molecule has 0 aliphatic carbocycles. The molecule has 23 heavy (non-hydrogen) atoms. The Morgan fingerprint density at radius 2 is 2.13 bits per heavy atom. The fourth-order valence-electron chi connectivity index (χ4n) is 2.53. The molecule has 0 saturated carbocycles. The molecule has 120 valence electrons. The summed E-state index contributed by atoms with van der Waals surface area (Å²) in [4.78, 5) is 21.9. The molecule has 1 aromatic carbocycles. The number of carbonyl (C=O) groups is 1. The van der Waals surface area contributed by atoms with E-state index in [1.807, 2.05) is 12.1 Å². The molecule has 7 heteroatoms. The zero-order valence-electron chi connectivity index (χ0n) is 12.3. The lowest BCUT2D eigenvalue weighted by Gasteiger charge is -2.32. The van der Waals surface area contributed by atoms with Gasteiger partial charge in [0, 0.05) is 16.6 Å². The van der Waals surface area contributed by atoms with E-state index in [2.05, 4.69) is 25.9 Å². The first kappa shape index (κ1) is 15.9. The number of hydrogen-bond donors (Lipinski definition) is 0. The van der Waals surface area contributed by atoms with Crippen LogP contribution < -0.4 is 4.74 Å². The van der Waals surface area contributed by atoms with Crippen LogP contribution in [-0.2, 0) is 0 Å². The van der Waals surface area contributed by atoms with Crippen molar-refractivity contribution in [2.45, 2.75) is 18.9 Å². The number of amides is 1. The van der Waals surface area contributed by atoms with Crippen molar-refractivity contribution in [2.75, 3.05) is 13.1 Å². The SMILES string of the molecule is O=C(c1cccc(Br)c1)N1CCCC(Oc2ncc(F)cn2)C1. The normalized spacial score (nSPS) is 17.8. The van der Waals surface area contributed by atoms with Crippen molar-refractivity contribution in [3.63, 3.8) is 0 Å². The molecule has 0 bridgehead atoms. The van der Waals surface area contributed by atoms with Crippen LogP contribution in [0.25, 0.3) is 0 Å². The minimum atomic E-state index is -0.507. The van der Waals surface area contributed by atoms with Gasteiger partial charge >= 0.3 is 6.01 Å². The number of ether oxygens (including phenoxy) is 1. The summed E-state index contributed by atoms with van der Waals surface area (Å²) in [5.74, 6) is -0.535. The van der Waals surface area contributed by atoms with E-state index in [1.165, 1.54) is 0 Å². The summed E-state index contributed by atoms with van der Waals surface area (Å²) in [5, 5.41) is 0. The summed E-state index contributed by atoms with van der Waals surface area (Å²) in [5.41, 5.74) is 0.637. The van der Waals surface area contributed by atoms with Gasteiger partial charge in [0.15, 0.2) is 5.82 Å². The van der Waals surface area contributed by atoms with Crippen molar-refractivity contribution in [1.82, 2.24) is 14.9 Å². The first-order chi connectivity index (χ1) is 11.1. The molecule has 1 aliphatic rings. The summed E-state index contributed by atoms with van der Waals surface area (Å²) in [6, 6.07) is 7.44. The number of aromatic nitrogens is 2. The van der Waals surface area contributed by atoms with Crippen LogP contribution in [0.2, 0.25) is 0 Å². The molecule has 3 rings (SSSR count). The van der Waals surface area contributed by atoms with E-state index >= 15 is 0 Å². The average molecular weight is 380 g/mol. The van der Waals surface area contributed by atoms with Gasteiger partial charge in [-0.05, 0) is 31.0 Å². The highest BCUT2D eigenvalue weighted by atomic mass is 79.9. The predicted molar refractivity (Wildman–Crippen MR) is 85.7 cm³/mol. The van der Waals surface area contributed by atoms with Crippen LogP contribution in [0.3, 0.4) is 0 Å². The predicted octanol–water partition coefficient (Wildman–Crippen LogP) is 3.06. The summed E-state index contributed by atoms with van der Waals surface area (Å²) in [7, 11) is 0. The molecule has 0 N–H and O–H groups in total. The number of rotatable bonds is 3. The molecule has 5 nitrogen and oxygen atoms in total. The highest BCUT2D eigenvalue weighted by Gasteiger charge is 2.26. The number of hydrogen-bond acceptors (Lipinski definition) is 4. The van der Waals surface area contributed by atoms with Gasteiger partial charge in [-0.3, -0.25) is 4.79 Å². The Balaban J connectivity index is 1.66. The highest BCUT2D eigenvalue weighted by molar-refractivity contribution is 9.10. The minimum absolute atomic E-state index is 0.0281. The van der Waals surface area contributed by atoms with E-state index in [4.69, 9.17) is 4.74 Å². The standard InChI is InChI=1S/C16H15BrFN3O2/c17-12-4-1-3-11(7-12)15(22)21-6-2-5-14(10-21)23-16-19-8-13(18)9-20-16/h1,3-4,7-9,14H,2,5-6,10H2. The smallest absolute Gasteiger partial charge is 0.316 e. The third-order valence-electron chi connectivity index (χ3n) is 3.61. The molecule has 2 heterocycles. The molecular weight excluding hydrogens is 365 g/mol. The topological polar surface area (TPSA) is 55.3 Å². The van der Waals surface area contributed by atoms with E-state index in [9.17, 15) is 9.18 Å². The molecule has 1 aromatic heterocycles. The Labute approximate surface area is 141 Å². The Bertz CT molecular complexity index is 696. The second-order valence-electron chi connectivity index (χ2n) is 5.33. The number of nitrogens with zero attached hydrogens (tertiary/aromatic N) is 3. The Morgan fingerprint density at radius 3 is 2.87 bits per heavy atom. The number of halogens is 2. The molecule has 0 radical (unpaired) electrons. The van der Waals surface area contributed by atoms with Gasteiger partial charge in [0.2, 0.25) is 0 Å². The lowest BCUT2D eigenvalue weighted by atomic mass is 10.1. The van der Waals surface area contributed by atoms with Gasteiger partial charge in [0.05, 0.1) is 18.9 Å². The van der Waals surface area contributed by atoms with E-state index in [0.29, 0.717) is 18.7 Å². The Morgan fingerprint density at radius 1 is 1.35 bits per heavy atom. The summed E-state index contributed by atoms with van der Waals surface area (Å²) in [6.07, 6.45) is 3.59. The first-order valence-electron chi connectivity index (χ1n) is 7.31. The van der Waals surface area contributed by atoms with Crippen LogP contribution in [0.15, 0.2) is 41.1 Å². The first-order valence-corrected chi connectivity index (χ1v) is 8.10. The van der Waals surface area contributed by atoms with E-state index in [0.717, 1.165) is 29.7 Å². The molecule has 1 fully saturated rings. The molecule has 1 saturated heterocycles. The lowest BCUT2D eigenvalue weighted by Crippen LogP contribution is -2.44. The van der Waals surface area contributed by atoms with Gasteiger partial charge in [-0.25, -0.2) is 14.4 Å². The number of benzene rings is 1. The molecule has 1 unspecified atom stereocenters. The third kappa shape index (κ3) is 4.04. The van der Waals surface area contributed by atoms with Crippen LogP contribution in [-0.4, -0.2) is 40.0 Å². The maximum atomic E-state index is 12.8. The third-order valence-corrected chi connectivity index (χ3v) is 4.10. The van der Waals surface area contributed by atoms with E-state index in [1.54, 1.807) is 17.0 Å². The quantitative estimate of drug-likeness (QED) is 0.822. The number of likely N-dealkylation sites (tertiary alicyclic amines) is 1. The van der Waals surface area contributed by atoms with Crippen molar-refractivity contribution in [3.05, 3.63) is 52.5 Å². The number of piperidine rings is 1. The molecule has 1 amide bonds. The fraction of sp³-hybridized carbons (Fsp3) is 0.312. The Kier molecular flexibility index (Phi) is 4.85. The van der Waals surface area contributed by atoms with Crippen LogP contribution in [0, 0.1) is 5.82 Å². The van der Waals surface area contributed by atoms with Gasteiger partial charge in [0.25, 0.3) is 5.91 Å². The second-order valence-corrected chi connectivity index (χ2v) is 6.24. The van der Waals surface area contributed by atoms with Gasteiger partial charge in [-0.2, -0.15) is 0 Å². The average Bonchev–Trinajstić information content (AvgIpc) is 2.56. The van der Waals surface area contributed by atoms with Crippen molar-refractivity contribution in [1.29, 1.82) is 0 Å². The van der Waals surface area contributed by atoms with Crippen molar-refractivity contribution in [2.24, 2.45) is 0 Å². The summed E-state index contributed by atoms with van der Waals surface area (Å²) < 4.78 is 19.3. The maximum absolute atomic E-state index is 12.8. The van der Waals surface area contributed by atoms with Crippen molar-refractivity contribution in [3.8, 4) is 6.01 Å². The number of carbonyl (C=O) groups excluding carboxylic acids is 1. The molecule has 1 aliphatic heterocycles. The summed E-state index contributed by atoms with van der Waals surface area (Å²) >= 11 is 3.37. The monoisotopic (exact) mass is 379 g/mol. The zero-order valence-corrected chi connectivity index (χ0v) is 13.9. The zero-order chi connectivity index (χ0) is 16.2. The van der Waals surface area contributed by atoms with Crippen LogP contribution in [0.1, 0.15) is 23.2 Å². The molecule has 0 spiro atoms. The minimum Gasteiger partial charge on any atom is -0.458 e. The van der Waals surface area contributed by atoms with E-state index in [-0.39, 0.29) is 18.0 Å². The summed E-state index contributed by atoms with van der Waals surface area (Å²) in [6.45, 7) is 1.15. The molecule has 2 aromatic rings. The molecule has 1 atom stereocenters. The fourth-order valence-corrected chi connectivity index (χ4v) is 2.93. The van der Waals surface area contributed by atoms with Gasteiger partial charge < -0.3 is 9.64 Å². The molecular formula is C16H15BrFN3O2.